The van der Waals surface area contributed by atoms with Gasteiger partial charge in [0.15, 0.2) is 0 Å². The predicted octanol–water partition coefficient (Wildman–Crippen LogP) is 4.08. The van der Waals surface area contributed by atoms with Crippen molar-refractivity contribution < 1.29 is 0 Å². The zero-order chi connectivity index (χ0) is 17.9. The van der Waals surface area contributed by atoms with E-state index in [0.717, 1.165) is 17.3 Å². The summed E-state index contributed by atoms with van der Waals surface area (Å²) in [7, 11) is 5.83. The van der Waals surface area contributed by atoms with E-state index in [1.165, 1.54) is 71.8 Å². The Hall–Kier alpha value is -0.120. The van der Waals surface area contributed by atoms with E-state index in [2.05, 4.69) is 57.3 Å². The zero-order valence-electron chi connectivity index (χ0n) is 17.2. The number of nitrogens with zero attached hydrogens (tertiary/aromatic N) is 2. The van der Waals surface area contributed by atoms with Gasteiger partial charge in [0, 0.05) is 26.2 Å². The molecule has 0 amide bonds. The molecule has 0 unspecified atom stereocenters. The Bertz CT molecular complexity index is 258. The average Bonchev–Trinajstić information content (AvgIpc) is 2.54. The first kappa shape index (κ1) is 22.9. The van der Waals surface area contributed by atoms with Gasteiger partial charge in [-0.05, 0) is 51.2 Å². The van der Waals surface area contributed by atoms with E-state index in [1.54, 1.807) is 0 Å². The second-order valence-electron chi connectivity index (χ2n) is 8.12. The third-order valence-electron chi connectivity index (χ3n) is 5.71. The monoisotopic (exact) mass is 327 g/mol. The van der Waals surface area contributed by atoms with Crippen molar-refractivity contribution in [2.24, 2.45) is 23.0 Å². The van der Waals surface area contributed by atoms with E-state index >= 15 is 0 Å². The van der Waals surface area contributed by atoms with Gasteiger partial charge in [-0.3, -0.25) is 0 Å². The van der Waals surface area contributed by atoms with Crippen molar-refractivity contribution in [3.8, 4) is 0 Å². The summed E-state index contributed by atoms with van der Waals surface area (Å²) in [5, 5.41) is 0. The van der Waals surface area contributed by atoms with Gasteiger partial charge in [0.2, 0.25) is 0 Å². The largest absolute Gasteiger partial charge is 0.333 e. The van der Waals surface area contributed by atoms with Crippen molar-refractivity contribution in [1.29, 1.82) is 0 Å². The highest BCUT2D eigenvalue weighted by atomic mass is 15.2. The van der Waals surface area contributed by atoms with Gasteiger partial charge in [-0.2, -0.15) is 0 Å². The summed E-state index contributed by atoms with van der Waals surface area (Å²) in [4.78, 5) is 4.92. The molecule has 0 atom stereocenters. The highest BCUT2D eigenvalue weighted by Gasteiger charge is 2.43. The number of hydrogen-bond donors (Lipinski definition) is 1. The molecule has 0 aromatic rings. The Kier molecular flexibility index (Phi) is 12.2. The summed E-state index contributed by atoms with van der Waals surface area (Å²) in [6.45, 7) is 14.4. The van der Waals surface area contributed by atoms with E-state index in [-0.39, 0.29) is 0 Å². The molecule has 0 aromatic heterocycles. The maximum Gasteiger partial charge on any atom is 0.0110 e. The number of rotatable bonds is 5. The fourth-order valence-electron chi connectivity index (χ4n) is 3.38. The number of likely N-dealkylation sites (N-methyl/N-ethyl adjacent to an activating group) is 1. The molecule has 23 heavy (non-hydrogen) atoms. The van der Waals surface area contributed by atoms with Crippen molar-refractivity contribution in [1.82, 2.24) is 9.80 Å². The normalized spacial score (nSPS) is 20.6. The van der Waals surface area contributed by atoms with Gasteiger partial charge in [0.25, 0.3) is 0 Å². The zero-order valence-corrected chi connectivity index (χ0v) is 17.2. The molecule has 0 bridgehead atoms. The summed E-state index contributed by atoms with van der Waals surface area (Å²) in [6, 6.07) is 0. The lowest BCUT2D eigenvalue weighted by Crippen LogP contribution is -2.58. The van der Waals surface area contributed by atoms with Crippen molar-refractivity contribution >= 4 is 0 Å². The Balaban J connectivity index is 0.000000515. The molecule has 2 rings (SSSR count). The van der Waals surface area contributed by atoms with Crippen LogP contribution in [0, 0.1) is 17.3 Å². The van der Waals surface area contributed by atoms with Crippen molar-refractivity contribution in [2.45, 2.75) is 66.2 Å². The quantitative estimate of drug-likeness (QED) is 0.826. The van der Waals surface area contributed by atoms with Gasteiger partial charge in [-0.25, -0.2) is 0 Å². The van der Waals surface area contributed by atoms with Crippen LogP contribution in [0.15, 0.2) is 0 Å². The van der Waals surface area contributed by atoms with Gasteiger partial charge in [-0.1, -0.05) is 53.4 Å². The van der Waals surface area contributed by atoms with E-state index in [4.69, 9.17) is 0 Å². The first-order chi connectivity index (χ1) is 10.9. The lowest BCUT2D eigenvalue weighted by atomic mass is 9.66. The Morgan fingerprint density at radius 1 is 1.09 bits per heavy atom. The molecule has 1 heterocycles. The molecule has 1 saturated carbocycles. The molecule has 2 N–H and O–H groups in total. The van der Waals surface area contributed by atoms with Crippen LogP contribution >= 0.6 is 0 Å². The summed E-state index contributed by atoms with van der Waals surface area (Å²) < 4.78 is 0. The standard InChI is InChI=1S/C13H26N2.C6H14.CH5N/c1-12-4-6-13(7-5-12)10-15(11-13)9-8-14(2)3;1-4-6(3)5-2;1-2/h12H,4-11H2,1-3H3;6H,4-5H2,1-3H3;2H2,1H3. The van der Waals surface area contributed by atoms with Crippen LogP contribution in [0.4, 0.5) is 0 Å². The second kappa shape index (κ2) is 12.3. The highest BCUT2D eigenvalue weighted by molar-refractivity contribution is 4.97. The summed E-state index contributed by atoms with van der Waals surface area (Å²) in [5.74, 6) is 1.93. The Morgan fingerprint density at radius 2 is 1.57 bits per heavy atom. The third-order valence-corrected chi connectivity index (χ3v) is 5.71. The molecule has 2 aliphatic rings. The second-order valence-corrected chi connectivity index (χ2v) is 8.12. The van der Waals surface area contributed by atoms with Crippen LogP contribution in [0.2, 0.25) is 0 Å². The molecule has 1 spiro atoms. The fraction of sp³-hybridized carbons (Fsp3) is 1.00. The Morgan fingerprint density at radius 3 is 1.91 bits per heavy atom. The molecule has 0 aromatic carbocycles. The highest BCUT2D eigenvalue weighted by Crippen LogP contribution is 2.45. The van der Waals surface area contributed by atoms with Crippen molar-refractivity contribution in [3.63, 3.8) is 0 Å². The predicted molar refractivity (Wildman–Crippen MR) is 105 cm³/mol. The minimum absolute atomic E-state index is 0.749. The van der Waals surface area contributed by atoms with Crippen LogP contribution in [0.25, 0.3) is 0 Å². The van der Waals surface area contributed by atoms with Crippen molar-refractivity contribution in [3.05, 3.63) is 0 Å². The van der Waals surface area contributed by atoms with Crippen LogP contribution in [-0.4, -0.2) is 57.1 Å². The smallest absolute Gasteiger partial charge is 0.0110 e. The summed E-state index contributed by atoms with van der Waals surface area (Å²) in [5.41, 5.74) is 5.25. The SMILES string of the molecule is CC1CCC2(CC1)CN(CCN(C)C)C2.CCC(C)CC.CN. The van der Waals surface area contributed by atoms with Crippen LogP contribution < -0.4 is 5.73 Å². The maximum absolute atomic E-state index is 4.50. The molecule has 1 aliphatic heterocycles. The fourth-order valence-corrected chi connectivity index (χ4v) is 3.38. The maximum atomic E-state index is 4.50. The molecule has 3 nitrogen and oxygen atoms in total. The first-order valence-corrected chi connectivity index (χ1v) is 9.85. The number of likely N-dealkylation sites (tertiary alicyclic amines) is 1. The van der Waals surface area contributed by atoms with Crippen LogP contribution in [0.1, 0.15) is 66.2 Å². The van der Waals surface area contributed by atoms with E-state index < -0.39 is 0 Å². The van der Waals surface area contributed by atoms with Gasteiger partial charge in [0.1, 0.15) is 0 Å². The molecule has 0 radical (unpaired) electrons. The third kappa shape index (κ3) is 9.07. The number of nitrogens with two attached hydrogens (primary N) is 1. The Labute approximate surface area is 147 Å². The average molecular weight is 328 g/mol. The topological polar surface area (TPSA) is 32.5 Å². The lowest BCUT2D eigenvalue weighted by Gasteiger charge is -2.53. The van der Waals surface area contributed by atoms with Crippen LogP contribution in [-0.2, 0) is 0 Å². The first-order valence-electron chi connectivity index (χ1n) is 9.85. The minimum atomic E-state index is 0.749. The molecular formula is C20H45N3. The molecule has 1 aliphatic carbocycles. The van der Waals surface area contributed by atoms with Gasteiger partial charge in [-0.15, -0.1) is 0 Å². The number of hydrogen-bond acceptors (Lipinski definition) is 3. The van der Waals surface area contributed by atoms with Gasteiger partial charge in [0.05, 0.1) is 0 Å². The van der Waals surface area contributed by atoms with Crippen LogP contribution in [0.3, 0.4) is 0 Å². The molecular weight excluding hydrogens is 282 g/mol. The molecule has 3 heteroatoms. The summed E-state index contributed by atoms with van der Waals surface area (Å²) >= 11 is 0. The molecule has 2 fully saturated rings. The van der Waals surface area contributed by atoms with Crippen molar-refractivity contribution in [2.75, 3.05) is 47.3 Å². The lowest BCUT2D eigenvalue weighted by molar-refractivity contribution is -0.0382. The minimum Gasteiger partial charge on any atom is -0.333 e. The molecule has 1 saturated heterocycles. The molecule has 140 valence electrons. The van der Waals surface area contributed by atoms with Gasteiger partial charge >= 0.3 is 0 Å². The van der Waals surface area contributed by atoms with Gasteiger partial charge < -0.3 is 15.5 Å². The summed E-state index contributed by atoms with van der Waals surface area (Å²) in [6.07, 6.45) is 8.59. The van der Waals surface area contributed by atoms with E-state index in [1.807, 2.05) is 0 Å². The van der Waals surface area contributed by atoms with Crippen LogP contribution in [0.5, 0.6) is 0 Å². The van der Waals surface area contributed by atoms with E-state index in [9.17, 15) is 0 Å². The van der Waals surface area contributed by atoms with E-state index in [0.29, 0.717) is 0 Å².